The number of likely N-dealkylation sites (N-methyl/N-ethyl adjacent to an activating group) is 1. The predicted molar refractivity (Wildman–Crippen MR) is 50.7 cm³/mol. The van der Waals surface area contributed by atoms with E-state index in [2.05, 4.69) is 5.32 Å². The molecule has 1 unspecified atom stereocenters. The molecule has 84 valence electrons. The Morgan fingerprint density at radius 1 is 1.43 bits per heavy atom. The van der Waals surface area contributed by atoms with Crippen molar-refractivity contribution in [3.63, 3.8) is 0 Å². The summed E-state index contributed by atoms with van der Waals surface area (Å²) in [6, 6.07) is 0. The van der Waals surface area contributed by atoms with E-state index >= 15 is 0 Å². The van der Waals surface area contributed by atoms with Crippen molar-refractivity contribution >= 4 is 13.5 Å². The summed E-state index contributed by atoms with van der Waals surface area (Å²) >= 11 is 0. The maximum Gasteiger partial charge on any atom is 0.363 e. The molecule has 0 spiro atoms. The van der Waals surface area contributed by atoms with Gasteiger partial charge in [0.15, 0.2) is 0 Å². The van der Waals surface area contributed by atoms with E-state index in [1.165, 1.54) is 7.05 Å². The van der Waals surface area contributed by atoms with Crippen molar-refractivity contribution in [2.75, 3.05) is 7.05 Å². The van der Waals surface area contributed by atoms with Crippen molar-refractivity contribution in [2.45, 2.75) is 32.2 Å². The summed E-state index contributed by atoms with van der Waals surface area (Å²) in [5.74, 6) is -2.57. The molecule has 0 fully saturated rings. The zero-order valence-electron chi connectivity index (χ0n) is 8.64. The number of rotatable bonds is 3. The van der Waals surface area contributed by atoms with E-state index in [0.717, 1.165) is 0 Å². The summed E-state index contributed by atoms with van der Waals surface area (Å²) in [4.78, 5) is 28.8. The highest BCUT2D eigenvalue weighted by Crippen LogP contribution is 2.43. The highest BCUT2D eigenvalue weighted by molar-refractivity contribution is 7.53. The van der Waals surface area contributed by atoms with Gasteiger partial charge in [-0.1, -0.05) is 0 Å². The van der Waals surface area contributed by atoms with Gasteiger partial charge >= 0.3 is 7.60 Å². The van der Waals surface area contributed by atoms with E-state index in [1.807, 2.05) is 0 Å². The Hall–Kier alpha value is -0.420. The molecule has 0 saturated heterocycles. The van der Waals surface area contributed by atoms with Gasteiger partial charge in [-0.25, -0.2) is 0 Å². The molecule has 0 aromatic carbocycles. The second kappa shape index (κ2) is 4.40. The van der Waals surface area contributed by atoms with Gasteiger partial charge < -0.3 is 19.8 Å². The van der Waals surface area contributed by atoms with E-state index in [9.17, 15) is 9.36 Å². The Morgan fingerprint density at radius 2 is 1.86 bits per heavy atom. The van der Waals surface area contributed by atoms with Crippen LogP contribution in [-0.4, -0.2) is 34.2 Å². The van der Waals surface area contributed by atoms with Gasteiger partial charge in [0.2, 0.25) is 5.85 Å². The lowest BCUT2D eigenvalue weighted by molar-refractivity contribution is -0.135. The lowest BCUT2D eigenvalue weighted by Gasteiger charge is -2.26. The van der Waals surface area contributed by atoms with E-state index in [1.54, 1.807) is 20.8 Å². The van der Waals surface area contributed by atoms with Gasteiger partial charge in [-0.15, -0.1) is 0 Å². The summed E-state index contributed by atoms with van der Waals surface area (Å²) in [6.07, 6.45) is 0. The minimum atomic E-state index is -4.58. The largest absolute Gasteiger partial charge is 0.363 e. The molecule has 0 aliphatic carbocycles. The molecule has 0 heterocycles. The number of ether oxygens (including phenoxy) is 1. The van der Waals surface area contributed by atoms with E-state index < -0.39 is 24.9 Å². The summed E-state index contributed by atoms with van der Waals surface area (Å²) in [7, 11) is -3.29. The minimum Gasteiger partial charge on any atom is -0.356 e. The average Bonchev–Trinajstić information content (AvgIpc) is 1.95. The molecular formula is C7H16NO5P. The van der Waals surface area contributed by atoms with Crippen LogP contribution >= 0.6 is 7.60 Å². The van der Waals surface area contributed by atoms with Gasteiger partial charge in [0.1, 0.15) is 0 Å². The quantitative estimate of drug-likeness (QED) is 0.590. The first-order chi connectivity index (χ1) is 6.08. The Kier molecular flexibility index (Phi) is 4.27. The van der Waals surface area contributed by atoms with Gasteiger partial charge in [-0.05, 0) is 20.8 Å². The zero-order valence-corrected chi connectivity index (χ0v) is 9.54. The second-order valence-electron chi connectivity index (χ2n) is 3.79. The van der Waals surface area contributed by atoms with Crippen molar-refractivity contribution in [2.24, 2.45) is 0 Å². The highest BCUT2D eigenvalue weighted by atomic mass is 31.2. The predicted octanol–water partition coefficient (Wildman–Crippen LogP) is 0.0513. The molecule has 0 radical (unpaired) electrons. The zero-order chi connectivity index (χ0) is 11.6. The molecule has 1 atom stereocenters. The summed E-state index contributed by atoms with van der Waals surface area (Å²) in [5.41, 5.74) is -0.793. The SMILES string of the molecule is CNC(=O)C(OC(C)(C)C)P(=O)(O)O. The molecule has 3 N–H and O–H groups in total. The first-order valence-electron chi connectivity index (χ1n) is 4.02. The van der Waals surface area contributed by atoms with Crippen LogP contribution in [0.25, 0.3) is 0 Å². The van der Waals surface area contributed by atoms with Crippen LogP contribution in [0.5, 0.6) is 0 Å². The number of hydrogen-bond acceptors (Lipinski definition) is 3. The second-order valence-corrected chi connectivity index (χ2v) is 5.43. The molecule has 0 aromatic rings. The number of carbonyl (C=O) groups is 1. The van der Waals surface area contributed by atoms with Gasteiger partial charge in [0.25, 0.3) is 5.91 Å². The van der Waals surface area contributed by atoms with Crippen LogP contribution in [0, 0.1) is 0 Å². The molecule has 6 nitrogen and oxygen atoms in total. The van der Waals surface area contributed by atoms with Crippen LogP contribution in [0.4, 0.5) is 0 Å². The van der Waals surface area contributed by atoms with E-state index in [-0.39, 0.29) is 0 Å². The Balaban J connectivity index is 4.77. The van der Waals surface area contributed by atoms with Gasteiger partial charge in [0.05, 0.1) is 5.60 Å². The number of hydrogen-bond donors (Lipinski definition) is 3. The minimum absolute atomic E-state index is 0.793. The smallest absolute Gasteiger partial charge is 0.356 e. The lowest BCUT2D eigenvalue weighted by atomic mass is 10.2. The normalized spacial score (nSPS) is 15.0. The fourth-order valence-corrected chi connectivity index (χ4v) is 1.62. The van der Waals surface area contributed by atoms with E-state index in [0.29, 0.717) is 0 Å². The molecule has 0 aliphatic heterocycles. The summed E-state index contributed by atoms with van der Waals surface area (Å²) in [6.45, 7) is 4.83. The monoisotopic (exact) mass is 225 g/mol. The molecule has 0 aliphatic rings. The van der Waals surface area contributed by atoms with Crippen molar-refractivity contribution in [3.8, 4) is 0 Å². The van der Waals surface area contributed by atoms with Crippen LogP contribution in [0.3, 0.4) is 0 Å². The van der Waals surface area contributed by atoms with Gasteiger partial charge in [-0.2, -0.15) is 0 Å². The molecule has 0 aromatic heterocycles. The van der Waals surface area contributed by atoms with Crippen molar-refractivity contribution < 1.29 is 23.9 Å². The van der Waals surface area contributed by atoms with Crippen LogP contribution < -0.4 is 5.32 Å². The molecule has 7 heteroatoms. The van der Waals surface area contributed by atoms with Crippen LogP contribution in [0.15, 0.2) is 0 Å². The molecule has 14 heavy (non-hydrogen) atoms. The lowest BCUT2D eigenvalue weighted by Crippen LogP contribution is -2.39. The fourth-order valence-electron chi connectivity index (χ4n) is 0.733. The Bertz CT molecular complexity index is 253. The Morgan fingerprint density at radius 3 is 2.07 bits per heavy atom. The molecule has 0 rings (SSSR count). The molecule has 0 bridgehead atoms. The highest BCUT2D eigenvalue weighted by Gasteiger charge is 2.39. The van der Waals surface area contributed by atoms with Gasteiger partial charge in [0, 0.05) is 7.05 Å². The molecular weight excluding hydrogens is 209 g/mol. The number of nitrogens with one attached hydrogen (secondary N) is 1. The molecule has 0 saturated carbocycles. The average molecular weight is 225 g/mol. The molecule has 1 amide bonds. The maximum absolute atomic E-state index is 11.1. The van der Waals surface area contributed by atoms with Crippen LogP contribution in [0.2, 0.25) is 0 Å². The third-order valence-corrected chi connectivity index (χ3v) is 2.19. The van der Waals surface area contributed by atoms with Crippen LogP contribution in [0.1, 0.15) is 20.8 Å². The summed E-state index contributed by atoms with van der Waals surface area (Å²) < 4.78 is 15.9. The fraction of sp³-hybridized carbons (Fsp3) is 0.857. The maximum atomic E-state index is 11.1. The van der Waals surface area contributed by atoms with Crippen molar-refractivity contribution in [1.82, 2.24) is 5.32 Å². The third-order valence-electron chi connectivity index (χ3n) is 1.24. The third kappa shape index (κ3) is 4.72. The number of amides is 1. The van der Waals surface area contributed by atoms with Crippen molar-refractivity contribution in [1.29, 1.82) is 0 Å². The topological polar surface area (TPSA) is 95.9 Å². The standard InChI is InChI=1S/C7H16NO5P/c1-7(2,3)13-6(5(9)8-4)14(10,11)12/h6H,1-4H3,(H,8,9)(H2,10,11,12). The number of carbonyl (C=O) groups excluding carboxylic acids is 1. The van der Waals surface area contributed by atoms with Crippen LogP contribution in [-0.2, 0) is 14.1 Å². The van der Waals surface area contributed by atoms with Crippen molar-refractivity contribution in [3.05, 3.63) is 0 Å². The summed E-state index contributed by atoms with van der Waals surface area (Å²) in [5, 5.41) is 2.14. The Labute approximate surface area is 82.8 Å². The first kappa shape index (κ1) is 13.6. The van der Waals surface area contributed by atoms with Gasteiger partial charge in [-0.3, -0.25) is 9.36 Å². The first-order valence-corrected chi connectivity index (χ1v) is 5.70. The van der Waals surface area contributed by atoms with E-state index in [4.69, 9.17) is 14.5 Å².